The molecule has 1 rings (SSSR count). The molecule has 17 heavy (non-hydrogen) atoms. The number of halogens is 3. The number of methoxy groups -OCH3 is 1. The molecule has 0 aromatic carbocycles. The minimum atomic E-state index is -2.76. The van der Waals surface area contributed by atoms with Crippen LogP contribution in [0.4, 0.5) is 8.78 Å². The minimum Gasteiger partial charge on any atom is -0.495 e. The molecule has 0 aliphatic heterocycles. The van der Waals surface area contributed by atoms with E-state index < -0.39 is 18.1 Å². The topological polar surface area (TPSA) is 59.4 Å². The van der Waals surface area contributed by atoms with Crippen LogP contribution in [0.15, 0.2) is 6.07 Å². The van der Waals surface area contributed by atoms with Crippen molar-refractivity contribution in [3.8, 4) is 5.75 Å². The van der Waals surface area contributed by atoms with Crippen LogP contribution >= 0.6 is 15.9 Å². The van der Waals surface area contributed by atoms with E-state index in [-0.39, 0.29) is 23.2 Å². The fourth-order valence-corrected chi connectivity index (χ4v) is 1.82. The normalized spacial score (nSPS) is 10.6. The highest BCUT2D eigenvalue weighted by atomic mass is 79.9. The Bertz CT molecular complexity index is 426. The van der Waals surface area contributed by atoms with Crippen LogP contribution in [-0.2, 0) is 16.5 Å². The number of carboxylic acid groups (broad SMARTS) is 1. The molecule has 0 amide bonds. The molecule has 0 atom stereocenters. The van der Waals surface area contributed by atoms with Gasteiger partial charge in [-0.2, -0.15) is 0 Å². The van der Waals surface area contributed by atoms with E-state index in [1.165, 1.54) is 13.2 Å². The van der Waals surface area contributed by atoms with E-state index in [2.05, 4.69) is 20.9 Å². The fraction of sp³-hybridized carbons (Fsp3) is 0.400. The van der Waals surface area contributed by atoms with Gasteiger partial charge in [-0.3, -0.25) is 4.79 Å². The third-order valence-electron chi connectivity index (χ3n) is 2.08. The summed E-state index contributed by atoms with van der Waals surface area (Å²) in [5.74, 6) is -1.15. The van der Waals surface area contributed by atoms with Crippen molar-refractivity contribution in [1.82, 2.24) is 4.98 Å². The molecule has 0 saturated heterocycles. The van der Waals surface area contributed by atoms with Crippen molar-refractivity contribution < 1.29 is 23.4 Å². The molecule has 1 aromatic heterocycles. The van der Waals surface area contributed by atoms with E-state index in [4.69, 9.17) is 9.84 Å². The third-order valence-corrected chi connectivity index (χ3v) is 2.61. The molecular weight excluding hydrogens is 300 g/mol. The van der Waals surface area contributed by atoms with Gasteiger partial charge in [0.2, 0.25) is 0 Å². The Morgan fingerprint density at radius 3 is 2.71 bits per heavy atom. The number of carbonyl (C=O) groups is 1. The van der Waals surface area contributed by atoms with Crippen LogP contribution < -0.4 is 4.74 Å². The Morgan fingerprint density at radius 1 is 1.65 bits per heavy atom. The number of hydrogen-bond donors (Lipinski definition) is 1. The first-order valence-corrected chi connectivity index (χ1v) is 5.74. The average Bonchev–Trinajstić information content (AvgIpc) is 2.27. The molecule has 4 nitrogen and oxygen atoms in total. The van der Waals surface area contributed by atoms with E-state index >= 15 is 0 Å². The maximum atomic E-state index is 12.7. The third kappa shape index (κ3) is 3.36. The zero-order valence-corrected chi connectivity index (χ0v) is 10.5. The summed E-state index contributed by atoms with van der Waals surface area (Å²) in [6, 6.07) is 1.29. The molecule has 0 saturated carbocycles. The maximum absolute atomic E-state index is 12.7. The average molecular weight is 310 g/mol. The summed E-state index contributed by atoms with van der Waals surface area (Å²) < 4.78 is 30.1. The summed E-state index contributed by atoms with van der Waals surface area (Å²) in [6.45, 7) is 0. The first kappa shape index (κ1) is 13.8. The number of carboxylic acids is 1. The summed E-state index contributed by atoms with van der Waals surface area (Å²) in [5, 5.41) is 8.90. The SMILES string of the molecule is COc1cc(CC(=O)O)c(CBr)nc1C(F)F. The number of aliphatic carboxylic acids is 1. The molecule has 1 N–H and O–H groups in total. The maximum Gasteiger partial charge on any atom is 0.307 e. The van der Waals surface area contributed by atoms with E-state index in [1.807, 2.05) is 0 Å². The molecule has 0 spiro atoms. The van der Waals surface area contributed by atoms with Crippen LogP contribution in [0.2, 0.25) is 0 Å². The minimum absolute atomic E-state index is 0.0963. The number of aromatic nitrogens is 1. The smallest absolute Gasteiger partial charge is 0.307 e. The standard InChI is InChI=1S/C10H10BrF2NO3/c1-17-7-2-5(3-8(15)16)6(4-11)14-9(7)10(12)13/h2,10H,3-4H2,1H3,(H,15,16). The summed E-state index contributed by atoms with van der Waals surface area (Å²) in [5.41, 5.74) is 0.162. The fourth-order valence-electron chi connectivity index (χ4n) is 1.34. The lowest BCUT2D eigenvalue weighted by Gasteiger charge is -2.12. The summed E-state index contributed by atoms with van der Waals surface area (Å²) in [6.07, 6.45) is -3.05. The molecule has 1 heterocycles. The lowest BCUT2D eigenvalue weighted by Crippen LogP contribution is -2.08. The van der Waals surface area contributed by atoms with Gasteiger partial charge in [-0.05, 0) is 11.6 Å². The Morgan fingerprint density at radius 2 is 2.29 bits per heavy atom. The van der Waals surface area contributed by atoms with Crippen LogP contribution in [0, 0.1) is 0 Å². The number of pyridine rings is 1. The molecule has 0 unspecified atom stereocenters. The number of alkyl halides is 3. The van der Waals surface area contributed by atoms with Crippen molar-refractivity contribution in [2.45, 2.75) is 18.2 Å². The van der Waals surface area contributed by atoms with Crippen molar-refractivity contribution in [1.29, 1.82) is 0 Å². The van der Waals surface area contributed by atoms with E-state index in [0.29, 0.717) is 5.56 Å². The summed E-state index contributed by atoms with van der Waals surface area (Å²) >= 11 is 3.09. The lowest BCUT2D eigenvalue weighted by molar-refractivity contribution is -0.136. The number of ether oxygens (including phenoxy) is 1. The quantitative estimate of drug-likeness (QED) is 0.849. The van der Waals surface area contributed by atoms with E-state index in [9.17, 15) is 13.6 Å². The van der Waals surface area contributed by atoms with Crippen molar-refractivity contribution in [3.63, 3.8) is 0 Å². The summed E-state index contributed by atoms with van der Waals surface area (Å²) in [7, 11) is 1.24. The van der Waals surface area contributed by atoms with Gasteiger partial charge in [0.25, 0.3) is 6.43 Å². The molecular formula is C10H10BrF2NO3. The Balaban J connectivity index is 3.27. The predicted molar refractivity (Wildman–Crippen MR) is 59.7 cm³/mol. The van der Waals surface area contributed by atoms with Crippen LogP contribution in [-0.4, -0.2) is 23.2 Å². The van der Waals surface area contributed by atoms with Crippen LogP contribution in [0.25, 0.3) is 0 Å². The highest BCUT2D eigenvalue weighted by Gasteiger charge is 2.20. The van der Waals surface area contributed by atoms with Crippen molar-refractivity contribution in [2.75, 3.05) is 7.11 Å². The van der Waals surface area contributed by atoms with Gasteiger partial charge in [0.05, 0.1) is 19.2 Å². The van der Waals surface area contributed by atoms with Gasteiger partial charge in [-0.15, -0.1) is 0 Å². The van der Waals surface area contributed by atoms with Crippen molar-refractivity contribution in [3.05, 3.63) is 23.0 Å². The van der Waals surface area contributed by atoms with Gasteiger partial charge in [0, 0.05) is 5.33 Å². The molecule has 0 aliphatic rings. The molecule has 0 radical (unpaired) electrons. The zero-order valence-electron chi connectivity index (χ0n) is 8.91. The number of hydrogen-bond acceptors (Lipinski definition) is 3. The Hall–Kier alpha value is -1.24. The van der Waals surface area contributed by atoms with Crippen molar-refractivity contribution in [2.24, 2.45) is 0 Å². The largest absolute Gasteiger partial charge is 0.495 e. The van der Waals surface area contributed by atoms with Crippen LogP contribution in [0.5, 0.6) is 5.75 Å². The second-order valence-corrected chi connectivity index (χ2v) is 3.75. The first-order chi connectivity index (χ1) is 7.99. The molecule has 0 bridgehead atoms. The molecule has 0 aliphatic carbocycles. The monoisotopic (exact) mass is 309 g/mol. The van der Waals surface area contributed by atoms with Gasteiger partial charge in [0.15, 0.2) is 0 Å². The first-order valence-electron chi connectivity index (χ1n) is 4.62. The Kier molecular flexibility index (Phi) is 4.80. The van der Waals surface area contributed by atoms with E-state index in [1.54, 1.807) is 0 Å². The lowest BCUT2D eigenvalue weighted by atomic mass is 10.1. The van der Waals surface area contributed by atoms with Gasteiger partial charge < -0.3 is 9.84 Å². The zero-order chi connectivity index (χ0) is 13.0. The highest BCUT2D eigenvalue weighted by Crippen LogP contribution is 2.30. The van der Waals surface area contributed by atoms with Gasteiger partial charge in [-0.25, -0.2) is 13.8 Å². The molecule has 7 heteroatoms. The predicted octanol–water partition coefficient (Wildman–Crippen LogP) is 2.55. The second-order valence-electron chi connectivity index (χ2n) is 3.19. The van der Waals surface area contributed by atoms with Gasteiger partial charge in [0.1, 0.15) is 11.4 Å². The highest BCUT2D eigenvalue weighted by molar-refractivity contribution is 9.08. The summed E-state index contributed by atoms with van der Waals surface area (Å²) in [4.78, 5) is 14.4. The van der Waals surface area contributed by atoms with Gasteiger partial charge in [-0.1, -0.05) is 15.9 Å². The van der Waals surface area contributed by atoms with Crippen LogP contribution in [0.1, 0.15) is 23.4 Å². The number of nitrogens with zero attached hydrogens (tertiary/aromatic N) is 1. The molecule has 94 valence electrons. The van der Waals surface area contributed by atoms with Crippen LogP contribution in [0.3, 0.4) is 0 Å². The second kappa shape index (κ2) is 5.90. The molecule has 1 aromatic rings. The van der Waals surface area contributed by atoms with Crippen molar-refractivity contribution >= 4 is 21.9 Å². The number of rotatable bonds is 5. The molecule has 0 fully saturated rings. The van der Waals surface area contributed by atoms with E-state index in [0.717, 1.165) is 0 Å². The van der Waals surface area contributed by atoms with Gasteiger partial charge >= 0.3 is 5.97 Å². The Labute approximate surface area is 105 Å².